The van der Waals surface area contributed by atoms with E-state index in [1.54, 1.807) is 0 Å². The Morgan fingerprint density at radius 2 is 2.08 bits per heavy atom. The fourth-order valence-corrected chi connectivity index (χ4v) is 2.65. The lowest BCUT2D eigenvalue weighted by Crippen LogP contribution is -2.43. The van der Waals surface area contributed by atoms with Gasteiger partial charge in [-0.3, -0.25) is 4.79 Å². The molecule has 2 N–H and O–H groups in total. The van der Waals surface area contributed by atoms with Gasteiger partial charge in [-0.15, -0.1) is 0 Å². The molecule has 6 heteroatoms. The number of nitrogens with one attached hydrogen (secondary N) is 2. The van der Waals surface area contributed by atoms with Crippen molar-refractivity contribution in [2.24, 2.45) is 0 Å². The van der Waals surface area contributed by atoms with Crippen LogP contribution >= 0.6 is 0 Å². The van der Waals surface area contributed by atoms with Crippen molar-refractivity contribution in [2.45, 2.75) is 26.3 Å². The molecule has 0 bridgehead atoms. The molecule has 1 aliphatic rings. The topological polar surface area (TPSA) is 62.8 Å². The van der Waals surface area contributed by atoms with E-state index in [1.165, 1.54) is 0 Å². The van der Waals surface area contributed by atoms with Crippen LogP contribution in [0.4, 0.5) is 5.69 Å². The van der Waals surface area contributed by atoms with Crippen molar-refractivity contribution in [3.05, 3.63) is 24.3 Å². The van der Waals surface area contributed by atoms with Crippen LogP contribution in [0.3, 0.4) is 0 Å². The van der Waals surface area contributed by atoms with Crippen LogP contribution in [-0.2, 0) is 9.53 Å². The molecule has 1 amide bonds. The molecule has 24 heavy (non-hydrogen) atoms. The third-order valence-corrected chi connectivity index (χ3v) is 4.14. The van der Waals surface area contributed by atoms with Gasteiger partial charge in [-0.2, -0.15) is 0 Å². The van der Waals surface area contributed by atoms with Gasteiger partial charge in [0.2, 0.25) is 5.91 Å². The van der Waals surface area contributed by atoms with Gasteiger partial charge in [0, 0.05) is 31.2 Å². The summed E-state index contributed by atoms with van der Waals surface area (Å²) in [5.74, 6) is 0.815. The SMILES string of the molecule is CCN(CC)CCOc1ccc(NC(=O)CC2COCCN2)cc1. The van der Waals surface area contributed by atoms with Crippen molar-refractivity contribution in [3.8, 4) is 5.75 Å². The number of anilines is 1. The average molecular weight is 335 g/mol. The molecule has 134 valence electrons. The molecule has 6 nitrogen and oxygen atoms in total. The fourth-order valence-electron chi connectivity index (χ4n) is 2.65. The Kier molecular flexibility index (Phi) is 8.01. The summed E-state index contributed by atoms with van der Waals surface area (Å²) in [6, 6.07) is 7.62. The highest BCUT2D eigenvalue weighted by molar-refractivity contribution is 5.91. The number of amides is 1. The van der Waals surface area contributed by atoms with Crippen LogP contribution in [0.5, 0.6) is 5.75 Å². The number of benzene rings is 1. The molecule has 1 aromatic carbocycles. The number of morpholine rings is 1. The lowest BCUT2D eigenvalue weighted by atomic mass is 10.2. The number of ether oxygens (including phenoxy) is 2. The first-order valence-corrected chi connectivity index (χ1v) is 8.77. The van der Waals surface area contributed by atoms with E-state index in [0.29, 0.717) is 26.2 Å². The van der Waals surface area contributed by atoms with Gasteiger partial charge in [0.25, 0.3) is 0 Å². The molecule has 0 saturated carbocycles. The van der Waals surface area contributed by atoms with E-state index >= 15 is 0 Å². The largest absolute Gasteiger partial charge is 0.492 e. The van der Waals surface area contributed by atoms with Crippen LogP contribution in [0.2, 0.25) is 0 Å². The van der Waals surface area contributed by atoms with Crippen LogP contribution in [0, 0.1) is 0 Å². The van der Waals surface area contributed by atoms with Crippen molar-refractivity contribution < 1.29 is 14.3 Å². The summed E-state index contributed by atoms with van der Waals surface area (Å²) in [7, 11) is 0. The fraction of sp³-hybridized carbons (Fsp3) is 0.611. The van der Waals surface area contributed by atoms with Crippen LogP contribution in [0.1, 0.15) is 20.3 Å². The highest BCUT2D eigenvalue weighted by atomic mass is 16.5. The highest BCUT2D eigenvalue weighted by Gasteiger charge is 2.16. The molecule has 2 rings (SSSR count). The van der Waals surface area contributed by atoms with E-state index in [-0.39, 0.29) is 11.9 Å². The Labute approximate surface area is 144 Å². The second-order valence-electron chi connectivity index (χ2n) is 5.88. The molecule has 1 aromatic rings. The maximum absolute atomic E-state index is 12.0. The second-order valence-corrected chi connectivity index (χ2v) is 5.88. The van der Waals surface area contributed by atoms with Gasteiger partial charge in [-0.05, 0) is 37.4 Å². The Morgan fingerprint density at radius 1 is 1.33 bits per heavy atom. The Hall–Kier alpha value is -1.63. The third kappa shape index (κ3) is 6.47. The van der Waals surface area contributed by atoms with Crippen molar-refractivity contribution in [3.63, 3.8) is 0 Å². The highest BCUT2D eigenvalue weighted by Crippen LogP contribution is 2.16. The summed E-state index contributed by atoms with van der Waals surface area (Å²) in [4.78, 5) is 14.4. The standard InChI is InChI=1S/C18H29N3O3/c1-3-21(4-2)10-12-24-17-7-5-15(6-8-17)20-18(22)13-16-14-23-11-9-19-16/h5-8,16,19H,3-4,9-14H2,1-2H3,(H,20,22). The summed E-state index contributed by atoms with van der Waals surface area (Å²) in [6.07, 6.45) is 0.419. The lowest BCUT2D eigenvalue weighted by Gasteiger charge is -2.23. The Bertz CT molecular complexity index is 483. The predicted molar refractivity (Wildman–Crippen MR) is 95.6 cm³/mol. The molecule has 1 fully saturated rings. The first-order chi connectivity index (χ1) is 11.7. The minimum Gasteiger partial charge on any atom is -0.492 e. The molecule has 1 unspecified atom stereocenters. The molecule has 0 radical (unpaired) electrons. The maximum Gasteiger partial charge on any atom is 0.226 e. The molecular weight excluding hydrogens is 306 g/mol. The third-order valence-electron chi connectivity index (χ3n) is 4.14. The van der Waals surface area contributed by atoms with Crippen molar-refractivity contribution in [2.75, 3.05) is 51.3 Å². The van der Waals surface area contributed by atoms with Crippen LogP contribution in [-0.4, -0.2) is 62.8 Å². The molecule has 0 aliphatic carbocycles. The molecule has 0 aromatic heterocycles. The quantitative estimate of drug-likeness (QED) is 0.719. The molecule has 1 aliphatic heterocycles. The first kappa shape index (κ1) is 18.7. The van der Waals surface area contributed by atoms with Crippen molar-refractivity contribution >= 4 is 11.6 Å². The summed E-state index contributed by atoms with van der Waals surface area (Å²) in [6.45, 7) is 10.1. The zero-order chi connectivity index (χ0) is 17.2. The summed E-state index contributed by atoms with van der Waals surface area (Å²) in [5.41, 5.74) is 0.785. The number of likely N-dealkylation sites (N-methyl/N-ethyl adjacent to an activating group) is 1. The van der Waals surface area contributed by atoms with Crippen molar-refractivity contribution in [1.29, 1.82) is 0 Å². The van der Waals surface area contributed by atoms with E-state index in [0.717, 1.165) is 37.6 Å². The molecule has 1 saturated heterocycles. The van der Waals surface area contributed by atoms with Gasteiger partial charge >= 0.3 is 0 Å². The van der Waals surface area contributed by atoms with E-state index in [2.05, 4.69) is 29.4 Å². The normalized spacial score (nSPS) is 17.7. The maximum atomic E-state index is 12.0. The van der Waals surface area contributed by atoms with E-state index in [9.17, 15) is 4.79 Å². The van der Waals surface area contributed by atoms with Crippen LogP contribution in [0.15, 0.2) is 24.3 Å². The lowest BCUT2D eigenvalue weighted by molar-refractivity contribution is -0.117. The number of carbonyl (C=O) groups is 1. The van der Waals surface area contributed by atoms with Gasteiger partial charge in [-0.1, -0.05) is 13.8 Å². The summed E-state index contributed by atoms with van der Waals surface area (Å²) < 4.78 is 11.1. The average Bonchev–Trinajstić information content (AvgIpc) is 2.61. The zero-order valence-electron chi connectivity index (χ0n) is 14.7. The molecule has 1 atom stereocenters. The Morgan fingerprint density at radius 3 is 2.71 bits per heavy atom. The second kappa shape index (κ2) is 10.3. The number of hydrogen-bond acceptors (Lipinski definition) is 5. The molecule has 1 heterocycles. The molecular formula is C18H29N3O3. The van der Waals surface area contributed by atoms with Gasteiger partial charge in [0.1, 0.15) is 12.4 Å². The minimum atomic E-state index is -0.00629. The molecule has 0 spiro atoms. The van der Waals surface area contributed by atoms with Crippen LogP contribution in [0.25, 0.3) is 0 Å². The zero-order valence-corrected chi connectivity index (χ0v) is 14.7. The smallest absolute Gasteiger partial charge is 0.226 e. The number of carbonyl (C=O) groups excluding carboxylic acids is 1. The number of hydrogen-bond donors (Lipinski definition) is 2. The summed E-state index contributed by atoms with van der Waals surface area (Å²) >= 11 is 0. The van der Waals surface area contributed by atoms with Gasteiger partial charge in [-0.25, -0.2) is 0 Å². The number of rotatable bonds is 9. The monoisotopic (exact) mass is 335 g/mol. The van der Waals surface area contributed by atoms with Gasteiger partial charge < -0.3 is 25.0 Å². The number of nitrogens with zero attached hydrogens (tertiary/aromatic N) is 1. The summed E-state index contributed by atoms with van der Waals surface area (Å²) in [5, 5.41) is 6.19. The first-order valence-electron chi connectivity index (χ1n) is 8.77. The van der Waals surface area contributed by atoms with Gasteiger partial charge in [0.05, 0.1) is 13.2 Å². The van der Waals surface area contributed by atoms with Crippen LogP contribution < -0.4 is 15.4 Å². The minimum absolute atomic E-state index is 0.00629. The van der Waals surface area contributed by atoms with Gasteiger partial charge in [0.15, 0.2) is 0 Å². The van der Waals surface area contributed by atoms with Crippen molar-refractivity contribution in [1.82, 2.24) is 10.2 Å². The van der Waals surface area contributed by atoms with E-state index < -0.39 is 0 Å². The van der Waals surface area contributed by atoms with E-state index in [4.69, 9.17) is 9.47 Å². The predicted octanol–water partition coefficient (Wildman–Crippen LogP) is 1.72. The van der Waals surface area contributed by atoms with E-state index in [1.807, 2.05) is 24.3 Å². The Balaban J connectivity index is 1.71.